The number of thiophene rings is 1. The van der Waals surface area contributed by atoms with Crippen molar-refractivity contribution in [3.05, 3.63) is 20.9 Å². The first-order valence-corrected chi connectivity index (χ1v) is 8.57. The third-order valence-corrected chi connectivity index (χ3v) is 5.64. The summed E-state index contributed by atoms with van der Waals surface area (Å²) in [6.45, 7) is 9.54. The first kappa shape index (κ1) is 17.8. The number of aromatic carboxylic acids is 1. The summed E-state index contributed by atoms with van der Waals surface area (Å²) in [4.78, 5) is 26.9. The number of nitrogens with zero attached hydrogens (tertiary/aromatic N) is 1. The smallest absolute Gasteiger partial charge is 0.410 e. The summed E-state index contributed by atoms with van der Waals surface area (Å²) in [6.07, 6.45) is 1.72. The van der Waals surface area contributed by atoms with E-state index >= 15 is 0 Å². The van der Waals surface area contributed by atoms with Crippen LogP contribution in [0.15, 0.2) is 0 Å². The van der Waals surface area contributed by atoms with Gasteiger partial charge in [-0.25, -0.2) is 9.59 Å². The van der Waals surface area contributed by atoms with Gasteiger partial charge in [-0.15, -0.1) is 11.3 Å². The van der Waals surface area contributed by atoms with E-state index in [2.05, 4.69) is 0 Å². The van der Waals surface area contributed by atoms with Crippen molar-refractivity contribution in [2.75, 3.05) is 7.05 Å². The molecule has 0 fully saturated rings. The standard InChI is InChI=1S/C17H25NO4S/c1-10-12-9-17(5,18(6)15(21)22-16(2,3)4)8-7-11(12)13(23-10)14(19)20/h7-9H2,1-6H3,(H,19,20). The van der Waals surface area contributed by atoms with Gasteiger partial charge >= 0.3 is 12.1 Å². The number of ether oxygens (including phenoxy) is 1. The minimum absolute atomic E-state index is 0.338. The van der Waals surface area contributed by atoms with E-state index in [0.29, 0.717) is 17.7 Å². The number of aryl methyl sites for hydroxylation is 1. The lowest BCUT2D eigenvalue weighted by Gasteiger charge is -2.42. The Bertz CT molecular complexity index is 644. The minimum Gasteiger partial charge on any atom is -0.477 e. The van der Waals surface area contributed by atoms with Gasteiger partial charge in [0.2, 0.25) is 0 Å². The lowest BCUT2D eigenvalue weighted by atomic mass is 9.78. The largest absolute Gasteiger partial charge is 0.477 e. The van der Waals surface area contributed by atoms with Crippen LogP contribution >= 0.6 is 11.3 Å². The lowest BCUT2D eigenvalue weighted by Crippen LogP contribution is -2.52. The van der Waals surface area contributed by atoms with Crippen LogP contribution in [0.3, 0.4) is 0 Å². The van der Waals surface area contributed by atoms with Gasteiger partial charge in [0.1, 0.15) is 10.5 Å². The Labute approximate surface area is 141 Å². The summed E-state index contributed by atoms with van der Waals surface area (Å²) >= 11 is 1.33. The second-order valence-corrected chi connectivity index (χ2v) is 8.69. The minimum atomic E-state index is -0.858. The van der Waals surface area contributed by atoms with Gasteiger partial charge in [0, 0.05) is 17.5 Å². The van der Waals surface area contributed by atoms with E-state index in [1.54, 1.807) is 11.9 Å². The molecule has 1 aliphatic rings. The highest BCUT2D eigenvalue weighted by molar-refractivity contribution is 7.14. The van der Waals surface area contributed by atoms with Crippen LogP contribution in [0.1, 0.15) is 59.8 Å². The number of hydrogen-bond donors (Lipinski definition) is 1. The van der Waals surface area contributed by atoms with Gasteiger partial charge in [-0.1, -0.05) is 0 Å². The molecule has 1 aromatic rings. The second kappa shape index (κ2) is 5.82. The maximum absolute atomic E-state index is 12.4. The number of carbonyl (C=O) groups is 2. The van der Waals surface area contributed by atoms with Crippen molar-refractivity contribution in [2.45, 2.75) is 65.0 Å². The summed E-state index contributed by atoms with van der Waals surface area (Å²) in [5.41, 5.74) is 1.12. The summed E-state index contributed by atoms with van der Waals surface area (Å²) in [5, 5.41) is 9.34. The van der Waals surface area contributed by atoms with E-state index < -0.39 is 11.6 Å². The van der Waals surface area contributed by atoms with E-state index in [0.717, 1.165) is 22.4 Å². The normalized spacial score (nSPS) is 20.8. The van der Waals surface area contributed by atoms with Crippen LogP contribution in [0.2, 0.25) is 0 Å². The highest BCUT2D eigenvalue weighted by Crippen LogP contribution is 2.40. The summed E-state index contributed by atoms with van der Waals surface area (Å²) in [6, 6.07) is 0. The fourth-order valence-corrected chi connectivity index (χ4v) is 4.06. The number of likely N-dealkylation sites (N-methyl/N-ethyl adjacent to an activating group) is 1. The average Bonchev–Trinajstić information content (AvgIpc) is 2.73. The van der Waals surface area contributed by atoms with Gasteiger partial charge < -0.3 is 14.7 Å². The van der Waals surface area contributed by atoms with Crippen LogP contribution < -0.4 is 0 Å². The molecule has 0 saturated heterocycles. The molecule has 1 aromatic heterocycles. The summed E-state index contributed by atoms with van der Waals surface area (Å²) in [5.74, 6) is -0.858. The number of carboxylic acids is 1. The summed E-state index contributed by atoms with van der Waals surface area (Å²) < 4.78 is 5.48. The molecule has 1 N–H and O–H groups in total. The molecule has 0 bridgehead atoms. The Balaban J connectivity index is 2.26. The van der Waals surface area contributed by atoms with Gasteiger partial charge in [0.05, 0.1) is 0 Å². The predicted octanol–water partition coefficient (Wildman–Crippen LogP) is 3.87. The number of amides is 1. The van der Waals surface area contributed by atoms with Crippen LogP contribution in [0.5, 0.6) is 0 Å². The van der Waals surface area contributed by atoms with Crippen molar-refractivity contribution in [3.8, 4) is 0 Å². The molecule has 0 radical (unpaired) electrons. The quantitative estimate of drug-likeness (QED) is 0.888. The SMILES string of the molecule is Cc1sc(C(=O)O)c2c1CC(C)(N(C)C(=O)OC(C)(C)C)CC2. The third-order valence-electron chi connectivity index (χ3n) is 4.46. The summed E-state index contributed by atoms with van der Waals surface area (Å²) in [7, 11) is 1.76. The van der Waals surface area contributed by atoms with Crippen molar-refractivity contribution in [1.29, 1.82) is 0 Å². The fraction of sp³-hybridized carbons (Fsp3) is 0.647. The van der Waals surface area contributed by atoms with E-state index in [1.165, 1.54) is 11.3 Å². The zero-order chi connectivity index (χ0) is 17.6. The molecular formula is C17H25NO4S. The Hall–Kier alpha value is -1.56. The van der Waals surface area contributed by atoms with E-state index in [9.17, 15) is 14.7 Å². The molecule has 1 heterocycles. The zero-order valence-electron chi connectivity index (χ0n) is 14.6. The number of rotatable bonds is 2. The molecule has 1 atom stereocenters. The Morgan fingerprint density at radius 3 is 2.43 bits per heavy atom. The maximum Gasteiger partial charge on any atom is 0.410 e. The first-order chi connectivity index (χ1) is 10.4. The van der Waals surface area contributed by atoms with Gasteiger partial charge in [0.15, 0.2) is 0 Å². The van der Waals surface area contributed by atoms with Gasteiger partial charge in [-0.05, 0) is 65.0 Å². The molecule has 0 aliphatic heterocycles. The highest BCUT2D eigenvalue weighted by Gasteiger charge is 2.40. The van der Waals surface area contributed by atoms with Crippen LogP contribution in [-0.2, 0) is 17.6 Å². The third kappa shape index (κ3) is 3.52. The van der Waals surface area contributed by atoms with Gasteiger partial charge in [0.25, 0.3) is 0 Å². The maximum atomic E-state index is 12.4. The topological polar surface area (TPSA) is 66.8 Å². The van der Waals surface area contributed by atoms with Crippen LogP contribution in [0.25, 0.3) is 0 Å². The molecule has 23 heavy (non-hydrogen) atoms. The van der Waals surface area contributed by atoms with Crippen molar-refractivity contribution in [3.63, 3.8) is 0 Å². The van der Waals surface area contributed by atoms with E-state index in [4.69, 9.17) is 4.74 Å². The zero-order valence-corrected chi connectivity index (χ0v) is 15.5. The Morgan fingerprint density at radius 2 is 1.91 bits per heavy atom. The number of carboxylic acid groups (broad SMARTS) is 1. The monoisotopic (exact) mass is 339 g/mol. The van der Waals surface area contributed by atoms with Crippen molar-refractivity contribution >= 4 is 23.4 Å². The van der Waals surface area contributed by atoms with Crippen molar-refractivity contribution < 1.29 is 19.4 Å². The van der Waals surface area contributed by atoms with Gasteiger partial charge in [-0.2, -0.15) is 0 Å². The number of fused-ring (bicyclic) bond motifs is 1. The molecule has 0 aromatic carbocycles. The molecular weight excluding hydrogens is 314 g/mol. The number of carbonyl (C=O) groups excluding carboxylic acids is 1. The van der Waals surface area contributed by atoms with E-state index in [-0.39, 0.29) is 11.6 Å². The molecule has 0 saturated carbocycles. The van der Waals surface area contributed by atoms with Crippen molar-refractivity contribution in [2.24, 2.45) is 0 Å². The molecule has 6 heteroatoms. The molecule has 1 aliphatic carbocycles. The van der Waals surface area contributed by atoms with E-state index in [1.807, 2.05) is 34.6 Å². The van der Waals surface area contributed by atoms with Crippen LogP contribution in [-0.4, -0.2) is 40.3 Å². The highest BCUT2D eigenvalue weighted by atomic mass is 32.1. The van der Waals surface area contributed by atoms with Crippen LogP contribution in [0, 0.1) is 6.92 Å². The first-order valence-electron chi connectivity index (χ1n) is 7.76. The average molecular weight is 339 g/mol. The molecule has 1 unspecified atom stereocenters. The lowest BCUT2D eigenvalue weighted by molar-refractivity contribution is 0.00543. The second-order valence-electron chi connectivity index (χ2n) is 7.46. The molecule has 2 rings (SSSR count). The predicted molar refractivity (Wildman–Crippen MR) is 90.4 cm³/mol. The Morgan fingerprint density at radius 1 is 1.30 bits per heavy atom. The van der Waals surface area contributed by atoms with Crippen LogP contribution in [0.4, 0.5) is 4.79 Å². The van der Waals surface area contributed by atoms with Crippen molar-refractivity contribution in [1.82, 2.24) is 4.90 Å². The number of hydrogen-bond acceptors (Lipinski definition) is 4. The molecule has 5 nitrogen and oxygen atoms in total. The molecule has 1 amide bonds. The fourth-order valence-electron chi connectivity index (χ4n) is 2.99. The Kier molecular flexibility index (Phi) is 4.50. The van der Waals surface area contributed by atoms with Gasteiger partial charge in [-0.3, -0.25) is 0 Å². The molecule has 128 valence electrons. The molecule has 0 spiro atoms.